The molecule has 0 saturated heterocycles. The monoisotopic (exact) mass is 216 g/mol. The summed E-state index contributed by atoms with van der Waals surface area (Å²) in [6.45, 7) is 4.59. The van der Waals surface area contributed by atoms with Crippen molar-refractivity contribution in [2.24, 2.45) is 5.73 Å². The summed E-state index contributed by atoms with van der Waals surface area (Å²) >= 11 is 0. The molecule has 1 aromatic heterocycles. The largest absolute Gasteiger partial charge is 0.325 e. The Hall–Kier alpha value is -1.68. The second-order valence-corrected chi connectivity index (χ2v) is 3.79. The summed E-state index contributed by atoms with van der Waals surface area (Å²) in [5.74, 6) is 0. The minimum Gasteiger partial charge on any atom is -0.325 e. The van der Waals surface area contributed by atoms with Gasteiger partial charge in [-0.25, -0.2) is 4.68 Å². The Morgan fingerprint density at radius 3 is 2.50 bits per heavy atom. The second-order valence-electron chi connectivity index (χ2n) is 3.79. The molecule has 0 aliphatic carbocycles. The number of benzene rings is 1. The smallest absolute Gasteiger partial charge is 0.0999 e. The van der Waals surface area contributed by atoms with E-state index in [1.54, 1.807) is 0 Å². The number of nitrogens with two attached hydrogens (primary N) is 1. The van der Waals surface area contributed by atoms with Crippen LogP contribution in [0.5, 0.6) is 0 Å². The maximum Gasteiger partial charge on any atom is 0.0999 e. The SMILES string of the molecule is CCc1c(CN)nnn1-c1ccc(C)cc1. The number of rotatable bonds is 3. The predicted molar refractivity (Wildman–Crippen MR) is 63.4 cm³/mol. The van der Waals surface area contributed by atoms with Crippen molar-refractivity contribution in [3.8, 4) is 5.69 Å². The first kappa shape index (κ1) is 10.8. The lowest BCUT2D eigenvalue weighted by atomic mass is 10.2. The van der Waals surface area contributed by atoms with Gasteiger partial charge in [0.05, 0.1) is 17.1 Å². The fourth-order valence-corrected chi connectivity index (χ4v) is 1.74. The van der Waals surface area contributed by atoms with Crippen LogP contribution in [0.2, 0.25) is 0 Å². The van der Waals surface area contributed by atoms with Gasteiger partial charge in [-0.3, -0.25) is 0 Å². The molecule has 4 nitrogen and oxygen atoms in total. The molecule has 2 N–H and O–H groups in total. The molecule has 16 heavy (non-hydrogen) atoms. The molecule has 2 aromatic rings. The molecule has 0 bridgehead atoms. The van der Waals surface area contributed by atoms with E-state index in [9.17, 15) is 0 Å². The van der Waals surface area contributed by atoms with Crippen LogP contribution in [0.1, 0.15) is 23.9 Å². The highest BCUT2D eigenvalue weighted by molar-refractivity contribution is 5.35. The highest BCUT2D eigenvalue weighted by atomic mass is 15.4. The summed E-state index contributed by atoms with van der Waals surface area (Å²) in [4.78, 5) is 0. The molecule has 0 spiro atoms. The lowest BCUT2D eigenvalue weighted by Crippen LogP contribution is -2.05. The van der Waals surface area contributed by atoms with E-state index in [0.29, 0.717) is 6.54 Å². The zero-order chi connectivity index (χ0) is 11.5. The molecular formula is C12H16N4. The lowest BCUT2D eigenvalue weighted by molar-refractivity contribution is 0.767. The molecule has 0 saturated carbocycles. The quantitative estimate of drug-likeness (QED) is 0.847. The Kier molecular flexibility index (Phi) is 3.01. The van der Waals surface area contributed by atoms with Crippen molar-refractivity contribution in [1.29, 1.82) is 0 Å². The van der Waals surface area contributed by atoms with E-state index in [0.717, 1.165) is 23.5 Å². The first-order chi connectivity index (χ1) is 7.76. The lowest BCUT2D eigenvalue weighted by Gasteiger charge is -2.05. The number of aryl methyl sites for hydroxylation is 1. The average molecular weight is 216 g/mol. The fourth-order valence-electron chi connectivity index (χ4n) is 1.74. The molecule has 0 amide bonds. The Balaban J connectivity index is 2.47. The van der Waals surface area contributed by atoms with Crippen molar-refractivity contribution in [3.63, 3.8) is 0 Å². The summed E-state index contributed by atoms with van der Waals surface area (Å²) in [5.41, 5.74) is 9.87. The summed E-state index contributed by atoms with van der Waals surface area (Å²) in [7, 11) is 0. The minimum atomic E-state index is 0.440. The number of hydrogen-bond donors (Lipinski definition) is 1. The molecule has 0 aliphatic rings. The van der Waals surface area contributed by atoms with Gasteiger partial charge in [-0.1, -0.05) is 29.8 Å². The highest BCUT2D eigenvalue weighted by Crippen LogP contribution is 2.14. The van der Waals surface area contributed by atoms with E-state index in [1.165, 1.54) is 5.56 Å². The van der Waals surface area contributed by atoms with Gasteiger partial charge < -0.3 is 5.73 Å². The summed E-state index contributed by atoms with van der Waals surface area (Å²) in [6, 6.07) is 8.23. The van der Waals surface area contributed by atoms with Crippen LogP contribution in [0.4, 0.5) is 0 Å². The first-order valence-corrected chi connectivity index (χ1v) is 5.46. The average Bonchev–Trinajstić information content (AvgIpc) is 2.72. The van der Waals surface area contributed by atoms with Gasteiger partial charge in [0.2, 0.25) is 0 Å². The minimum absolute atomic E-state index is 0.440. The molecule has 1 aromatic carbocycles. The maximum atomic E-state index is 5.63. The Bertz CT molecular complexity index is 470. The van der Waals surface area contributed by atoms with Crippen molar-refractivity contribution in [2.75, 3.05) is 0 Å². The van der Waals surface area contributed by atoms with E-state index < -0.39 is 0 Å². The van der Waals surface area contributed by atoms with Crippen LogP contribution in [0.25, 0.3) is 5.69 Å². The molecule has 0 aliphatic heterocycles. The van der Waals surface area contributed by atoms with Crippen molar-refractivity contribution in [1.82, 2.24) is 15.0 Å². The molecule has 0 fully saturated rings. The van der Waals surface area contributed by atoms with Crippen LogP contribution >= 0.6 is 0 Å². The van der Waals surface area contributed by atoms with Crippen LogP contribution < -0.4 is 5.73 Å². The van der Waals surface area contributed by atoms with E-state index in [2.05, 4.69) is 36.3 Å². The second kappa shape index (κ2) is 4.45. The number of aromatic nitrogens is 3. The van der Waals surface area contributed by atoms with Gasteiger partial charge in [0.1, 0.15) is 0 Å². The normalized spacial score (nSPS) is 10.7. The summed E-state index contributed by atoms with van der Waals surface area (Å²) < 4.78 is 1.86. The zero-order valence-corrected chi connectivity index (χ0v) is 9.64. The van der Waals surface area contributed by atoms with Gasteiger partial charge in [-0.05, 0) is 25.5 Å². The van der Waals surface area contributed by atoms with E-state index in [1.807, 2.05) is 16.8 Å². The molecule has 0 unspecified atom stereocenters. The number of hydrogen-bond acceptors (Lipinski definition) is 3. The van der Waals surface area contributed by atoms with Gasteiger partial charge in [-0.15, -0.1) is 5.10 Å². The van der Waals surface area contributed by atoms with Crippen LogP contribution in [0, 0.1) is 6.92 Å². The van der Waals surface area contributed by atoms with Gasteiger partial charge >= 0.3 is 0 Å². The van der Waals surface area contributed by atoms with Crippen molar-refractivity contribution >= 4 is 0 Å². The van der Waals surface area contributed by atoms with Gasteiger partial charge in [0, 0.05) is 6.54 Å². The fraction of sp³-hybridized carbons (Fsp3) is 0.333. The Labute approximate surface area is 95.1 Å². The number of nitrogens with zero attached hydrogens (tertiary/aromatic N) is 3. The van der Waals surface area contributed by atoms with E-state index in [4.69, 9.17) is 5.73 Å². The molecule has 1 heterocycles. The van der Waals surface area contributed by atoms with Crippen molar-refractivity contribution < 1.29 is 0 Å². The van der Waals surface area contributed by atoms with Crippen LogP contribution in [-0.2, 0) is 13.0 Å². The third kappa shape index (κ3) is 1.84. The molecule has 4 heteroatoms. The van der Waals surface area contributed by atoms with Gasteiger partial charge in [0.15, 0.2) is 0 Å². The summed E-state index contributed by atoms with van der Waals surface area (Å²) in [5, 5.41) is 8.24. The Morgan fingerprint density at radius 1 is 1.25 bits per heavy atom. The summed E-state index contributed by atoms with van der Waals surface area (Å²) in [6.07, 6.45) is 0.882. The topological polar surface area (TPSA) is 56.7 Å². The third-order valence-electron chi connectivity index (χ3n) is 2.65. The van der Waals surface area contributed by atoms with Crippen LogP contribution in [0.15, 0.2) is 24.3 Å². The van der Waals surface area contributed by atoms with Crippen molar-refractivity contribution in [2.45, 2.75) is 26.8 Å². The third-order valence-corrected chi connectivity index (χ3v) is 2.65. The van der Waals surface area contributed by atoms with Crippen LogP contribution in [-0.4, -0.2) is 15.0 Å². The molecule has 2 rings (SSSR count). The van der Waals surface area contributed by atoms with Crippen LogP contribution in [0.3, 0.4) is 0 Å². The predicted octanol–water partition coefficient (Wildman–Crippen LogP) is 1.60. The van der Waals surface area contributed by atoms with Crippen molar-refractivity contribution in [3.05, 3.63) is 41.2 Å². The maximum absolute atomic E-state index is 5.63. The molecule has 0 radical (unpaired) electrons. The molecule has 84 valence electrons. The molecule has 0 atom stereocenters. The zero-order valence-electron chi connectivity index (χ0n) is 9.64. The first-order valence-electron chi connectivity index (χ1n) is 5.46. The standard InChI is InChI=1S/C12H16N4/c1-3-12-11(8-13)14-15-16(12)10-6-4-9(2)5-7-10/h4-7H,3,8,13H2,1-2H3. The molecular weight excluding hydrogens is 200 g/mol. The highest BCUT2D eigenvalue weighted by Gasteiger charge is 2.10. The van der Waals surface area contributed by atoms with E-state index >= 15 is 0 Å². The van der Waals surface area contributed by atoms with Gasteiger partial charge in [-0.2, -0.15) is 0 Å². The van der Waals surface area contributed by atoms with Gasteiger partial charge in [0.25, 0.3) is 0 Å². The Morgan fingerprint density at radius 2 is 1.94 bits per heavy atom. The van der Waals surface area contributed by atoms with E-state index in [-0.39, 0.29) is 0 Å².